The number of aromatic amines is 1. The van der Waals surface area contributed by atoms with Crippen LogP contribution < -0.4 is 5.63 Å². The second-order valence-corrected chi connectivity index (χ2v) is 6.92. The highest BCUT2D eigenvalue weighted by Crippen LogP contribution is 2.41. The van der Waals surface area contributed by atoms with E-state index in [1.54, 1.807) is 13.0 Å². The number of nitrogens with one attached hydrogen (secondary N) is 1. The molecule has 0 radical (unpaired) electrons. The molecule has 6 heteroatoms. The molecule has 5 nitrogen and oxygen atoms in total. The molecule has 134 valence electrons. The van der Waals surface area contributed by atoms with Crippen molar-refractivity contribution in [3.05, 3.63) is 57.8 Å². The number of alkyl halides is 1. The number of rotatable bonds is 3. The van der Waals surface area contributed by atoms with Crippen molar-refractivity contribution >= 4 is 17.1 Å². The van der Waals surface area contributed by atoms with Crippen LogP contribution in [0.15, 0.2) is 45.3 Å². The molecule has 1 aliphatic rings. The molecular formula is C20H19FN2O3. The maximum absolute atomic E-state index is 13.6. The highest BCUT2D eigenvalue weighted by molar-refractivity contribution is 5.79. The Balaban J connectivity index is 1.72. The van der Waals surface area contributed by atoms with Crippen LogP contribution in [0.2, 0.25) is 0 Å². The Bertz CT molecular complexity index is 1030. The SMILES string of the molecule is Cc1cc(-c2nc3ccccc3[nH]2)c(=O)oc1/C=C(/O)C1C(C)CC1F. The third kappa shape index (κ3) is 2.71. The van der Waals surface area contributed by atoms with Crippen LogP contribution in [-0.2, 0) is 0 Å². The fourth-order valence-corrected chi connectivity index (χ4v) is 3.49. The predicted molar refractivity (Wildman–Crippen MR) is 97.6 cm³/mol. The zero-order chi connectivity index (χ0) is 18.4. The number of benzene rings is 1. The molecule has 26 heavy (non-hydrogen) atoms. The van der Waals surface area contributed by atoms with Crippen LogP contribution >= 0.6 is 0 Å². The monoisotopic (exact) mass is 354 g/mol. The summed E-state index contributed by atoms with van der Waals surface area (Å²) in [6.45, 7) is 3.66. The van der Waals surface area contributed by atoms with E-state index in [0.29, 0.717) is 23.4 Å². The van der Waals surface area contributed by atoms with Gasteiger partial charge in [-0.25, -0.2) is 14.2 Å². The van der Waals surface area contributed by atoms with E-state index in [0.717, 1.165) is 11.0 Å². The lowest BCUT2D eigenvalue weighted by Gasteiger charge is -2.37. The summed E-state index contributed by atoms with van der Waals surface area (Å²) in [5.74, 6) is 0.120. The third-order valence-corrected chi connectivity index (χ3v) is 5.04. The maximum Gasteiger partial charge on any atom is 0.347 e. The van der Waals surface area contributed by atoms with Crippen LogP contribution in [0.3, 0.4) is 0 Å². The van der Waals surface area contributed by atoms with Gasteiger partial charge in [-0.05, 0) is 43.0 Å². The number of imidazole rings is 1. The summed E-state index contributed by atoms with van der Waals surface area (Å²) in [4.78, 5) is 19.9. The number of nitrogens with zero attached hydrogens (tertiary/aromatic N) is 1. The van der Waals surface area contributed by atoms with Crippen LogP contribution in [0.4, 0.5) is 4.39 Å². The largest absolute Gasteiger partial charge is 0.512 e. The van der Waals surface area contributed by atoms with Gasteiger partial charge >= 0.3 is 5.63 Å². The molecule has 3 atom stereocenters. The number of aromatic nitrogens is 2. The van der Waals surface area contributed by atoms with Crippen LogP contribution in [0.1, 0.15) is 24.7 Å². The van der Waals surface area contributed by atoms with Gasteiger partial charge in [-0.2, -0.15) is 0 Å². The fraction of sp³-hybridized carbons (Fsp3) is 0.300. The summed E-state index contributed by atoms with van der Waals surface area (Å²) < 4.78 is 19.0. The normalized spacial score (nSPS) is 23.2. The lowest BCUT2D eigenvalue weighted by Crippen LogP contribution is -2.37. The molecule has 2 N–H and O–H groups in total. The summed E-state index contributed by atoms with van der Waals surface area (Å²) >= 11 is 0. The van der Waals surface area contributed by atoms with E-state index in [9.17, 15) is 14.3 Å². The highest BCUT2D eigenvalue weighted by Gasteiger charge is 2.41. The first-order valence-corrected chi connectivity index (χ1v) is 8.58. The van der Waals surface area contributed by atoms with Gasteiger partial charge in [0, 0.05) is 6.08 Å². The van der Waals surface area contributed by atoms with E-state index in [-0.39, 0.29) is 17.4 Å². The van der Waals surface area contributed by atoms with Crippen LogP contribution in [0, 0.1) is 18.8 Å². The van der Waals surface area contributed by atoms with Gasteiger partial charge in [0.25, 0.3) is 0 Å². The second-order valence-electron chi connectivity index (χ2n) is 6.92. The molecule has 1 aromatic carbocycles. The van der Waals surface area contributed by atoms with Crippen molar-refractivity contribution < 1.29 is 13.9 Å². The zero-order valence-corrected chi connectivity index (χ0v) is 14.5. The van der Waals surface area contributed by atoms with Crippen LogP contribution in [0.25, 0.3) is 28.5 Å². The molecule has 3 unspecified atom stereocenters. The van der Waals surface area contributed by atoms with Crippen molar-refractivity contribution in [2.24, 2.45) is 11.8 Å². The Kier molecular flexibility index (Phi) is 3.90. The van der Waals surface area contributed by atoms with E-state index in [1.165, 1.54) is 6.08 Å². The molecule has 0 amide bonds. The number of hydrogen-bond acceptors (Lipinski definition) is 4. The molecule has 1 saturated carbocycles. The molecular weight excluding hydrogens is 335 g/mol. The van der Waals surface area contributed by atoms with Crippen molar-refractivity contribution in [3.8, 4) is 11.4 Å². The molecule has 2 heterocycles. The van der Waals surface area contributed by atoms with Crippen molar-refractivity contribution in [1.82, 2.24) is 9.97 Å². The molecule has 2 aromatic heterocycles. The molecule has 4 rings (SSSR count). The first-order chi connectivity index (χ1) is 12.4. The summed E-state index contributed by atoms with van der Waals surface area (Å²) in [6, 6.07) is 9.15. The lowest BCUT2D eigenvalue weighted by molar-refractivity contribution is 0.0430. The van der Waals surface area contributed by atoms with Gasteiger partial charge in [-0.3, -0.25) is 0 Å². The summed E-state index contributed by atoms with van der Waals surface area (Å²) in [5, 5.41) is 10.2. The predicted octanol–water partition coefficient (Wildman–Crippen LogP) is 4.38. The van der Waals surface area contributed by atoms with Gasteiger partial charge in [0.2, 0.25) is 0 Å². The first kappa shape index (κ1) is 16.6. The summed E-state index contributed by atoms with van der Waals surface area (Å²) in [7, 11) is 0. The standard InChI is InChI=1S/C20H19FN2O3/c1-10-7-12(19-22-14-5-3-4-6-15(14)23-19)20(25)26-17(10)9-16(24)18-11(2)8-13(18)21/h3-7,9,11,13,18,24H,8H2,1-2H3,(H,22,23)/b16-9+. The van der Waals surface area contributed by atoms with Crippen LogP contribution in [-0.4, -0.2) is 21.2 Å². The van der Waals surface area contributed by atoms with Crippen molar-refractivity contribution in [1.29, 1.82) is 0 Å². The quantitative estimate of drug-likeness (QED) is 0.684. The highest BCUT2D eigenvalue weighted by atomic mass is 19.1. The fourth-order valence-electron chi connectivity index (χ4n) is 3.49. The molecule has 0 bridgehead atoms. The Morgan fingerprint density at radius 1 is 1.42 bits per heavy atom. The van der Waals surface area contributed by atoms with Gasteiger partial charge in [0.15, 0.2) is 0 Å². The lowest BCUT2D eigenvalue weighted by atomic mass is 9.72. The van der Waals surface area contributed by atoms with Crippen molar-refractivity contribution in [2.45, 2.75) is 26.4 Å². The van der Waals surface area contributed by atoms with E-state index in [1.807, 2.05) is 31.2 Å². The minimum absolute atomic E-state index is 0.0723. The Hall–Kier alpha value is -2.89. The number of halogens is 1. The van der Waals surface area contributed by atoms with E-state index in [2.05, 4.69) is 9.97 Å². The number of aliphatic hydroxyl groups is 1. The number of H-pyrrole nitrogens is 1. The molecule has 3 aromatic rings. The zero-order valence-electron chi connectivity index (χ0n) is 14.5. The van der Waals surface area contributed by atoms with E-state index in [4.69, 9.17) is 4.42 Å². The molecule has 0 spiro atoms. The molecule has 0 aliphatic heterocycles. The minimum Gasteiger partial charge on any atom is -0.512 e. The first-order valence-electron chi connectivity index (χ1n) is 8.58. The van der Waals surface area contributed by atoms with Crippen molar-refractivity contribution in [3.63, 3.8) is 0 Å². The van der Waals surface area contributed by atoms with Gasteiger partial charge < -0.3 is 14.5 Å². The smallest absolute Gasteiger partial charge is 0.347 e. The average molecular weight is 354 g/mol. The molecule has 1 aliphatic carbocycles. The number of fused-ring (bicyclic) bond motifs is 1. The van der Waals surface area contributed by atoms with E-state index >= 15 is 0 Å². The topological polar surface area (TPSA) is 79.1 Å². The molecule has 0 saturated heterocycles. The Labute approximate surface area is 149 Å². The number of allylic oxidation sites excluding steroid dienone is 1. The van der Waals surface area contributed by atoms with Crippen LogP contribution in [0.5, 0.6) is 0 Å². The van der Waals surface area contributed by atoms with E-state index < -0.39 is 17.7 Å². The summed E-state index contributed by atoms with van der Waals surface area (Å²) in [5.41, 5.74) is 2.00. The third-order valence-electron chi connectivity index (χ3n) is 5.04. The van der Waals surface area contributed by atoms with Gasteiger partial charge in [-0.1, -0.05) is 19.1 Å². The Morgan fingerprint density at radius 2 is 2.19 bits per heavy atom. The number of aryl methyl sites for hydroxylation is 1. The van der Waals surface area contributed by atoms with Gasteiger partial charge in [0.1, 0.15) is 29.1 Å². The maximum atomic E-state index is 13.6. The minimum atomic E-state index is -1.05. The second kappa shape index (κ2) is 6.12. The summed E-state index contributed by atoms with van der Waals surface area (Å²) in [6.07, 6.45) is 0.742. The average Bonchev–Trinajstić information content (AvgIpc) is 3.01. The molecule has 1 fully saturated rings. The number of aliphatic hydroxyl groups excluding tert-OH is 1. The van der Waals surface area contributed by atoms with Gasteiger partial charge in [-0.15, -0.1) is 0 Å². The van der Waals surface area contributed by atoms with Crippen molar-refractivity contribution in [2.75, 3.05) is 0 Å². The van der Waals surface area contributed by atoms with Gasteiger partial charge in [0.05, 0.1) is 17.0 Å². The number of hydrogen-bond donors (Lipinski definition) is 2. The number of para-hydroxylation sites is 2. The Morgan fingerprint density at radius 3 is 2.88 bits per heavy atom.